The van der Waals surface area contributed by atoms with E-state index in [-0.39, 0.29) is 18.3 Å². The molecule has 0 saturated carbocycles. The van der Waals surface area contributed by atoms with Crippen LogP contribution in [0.1, 0.15) is 47.4 Å². The molecule has 1 N–H and O–H groups in total. The largest absolute Gasteiger partial charge is 0.350 e. The van der Waals surface area contributed by atoms with Crippen molar-refractivity contribution in [2.75, 3.05) is 18.4 Å². The molecule has 0 aliphatic carbocycles. The van der Waals surface area contributed by atoms with Crippen molar-refractivity contribution >= 4 is 11.9 Å². The first kappa shape index (κ1) is 17.3. The number of nitrogens with zero attached hydrogens (tertiary/aromatic N) is 3. The topological polar surface area (TPSA) is 58.1 Å². The number of carbonyl (C=O) groups is 1. The molecule has 5 nitrogen and oxygen atoms in total. The van der Waals surface area contributed by atoms with Gasteiger partial charge in [0.1, 0.15) is 11.5 Å². The van der Waals surface area contributed by atoms with Gasteiger partial charge in [-0.25, -0.2) is 14.4 Å². The van der Waals surface area contributed by atoms with Gasteiger partial charge in [-0.05, 0) is 31.9 Å². The molecule has 0 radical (unpaired) electrons. The van der Waals surface area contributed by atoms with E-state index in [0.717, 1.165) is 25.9 Å². The van der Waals surface area contributed by atoms with Gasteiger partial charge in [0.2, 0.25) is 5.95 Å². The molecule has 2 heterocycles. The molecule has 1 amide bonds. The fourth-order valence-corrected chi connectivity index (χ4v) is 3.01. The van der Waals surface area contributed by atoms with Crippen LogP contribution in [-0.4, -0.2) is 33.9 Å². The fraction of sp³-hybridized carbons (Fsp3) is 0.421. The van der Waals surface area contributed by atoms with Crippen molar-refractivity contribution in [2.45, 2.75) is 39.2 Å². The molecule has 1 aliphatic rings. The Labute approximate surface area is 147 Å². The molecule has 0 bridgehead atoms. The van der Waals surface area contributed by atoms with Gasteiger partial charge in [0.25, 0.3) is 5.91 Å². The number of anilines is 1. The van der Waals surface area contributed by atoms with Crippen LogP contribution in [0.3, 0.4) is 0 Å². The summed E-state index contributed by atoms with van der Waals surface area (Å²) < 4.78 is 13.7. The minimum atomic E-state index is -0.275. The fourth-order valence-electron chi connectivity index (χ4n) is 3.01. The third kappa shape index (κ3) is 4.53. The van der Waals surface area contributed by atoms with E-state index in [9.17, 15) is 9.18 Å². The van der Waals surface area contributed by atoms with Crippen LogP contribution < -0.4 is 5.32 Å². The lowest BCUT2D eigenvalue weighted by molar-refractivity contribution is 0.0755. The Morgan fingerprint density at radius 1 is 1.16 bits per heavy atom. The minimum absolute atomic E-state index is 0.0543. The van der Waals surface area contributed by atoms with E-state index < -0.39 is 0 Å². The van der Waals surface area contributed by atoms with Crippen molar-refractivity contribution in [1.82, 2.24) is 14.9 Å². The van der Waals surface area contributed by atoms with Gasteiger partial charge in [0.05, 0.1) is 0 Å². The van der Waals surface area contributed by atoms with E-state index in [2.05, 4.69) is 15.3 Å². The Balaban J connectivity index is 1.73. The number of hydrogen-bond donors (Lipinski definition) is 1. The summed E-state index contributed by atoms with van der Waals surface area (Å²) in [4.78, 5) is 23.3. The van der Waals surface area contributed by atoms with Crippen molar-refractivity contribution in [1.29, 1.82) is 0 Å². The molecule has 6 heteroatoms. The Kier molecular flexibility index (Phi) is 5.58. The molecule has 1 aromatic carbocycles. The summed E-state index contributed by atoms with van der Waals surface area (Å²) in [7, 11) is 0. The number of likely N-dealkylation sites (tertiary alicyclic amines) is 1. The van der Waals surface area contributed by atoms with Crippen molar-refractivity contribution in [3.8, 4) is 0 Å². The third-order valence-electron chi connectivity index (χ3n) is 4.36. The standard InChI is InChI=1S/C19H23FN4O/c1-14-12-17(18(25)24-10-6-2-3-7-11-24)23-19(22-14)21-13-15-8-4-5-9-16(15)20/h4-5,8-9,12H,2-3,6-7,10-11,13H2,1H3,(H,21,22,23). The van der Waals surface area contributed by atoms with Crippen LogP contribution in [0, 0.1) is 12.7 Å². The van der Waals surface area contributed by atoms with Gasteiger partial charge >= 0.3 is 0 Å². The van der Waals surface area contributed by atoms with Crippen LogP contribution in [0.2, 0.25) is 0 Å². The number of carbonyl (C=O) groups excluding carboxylic acids is 1. The number of benzene rings is 1. The SMILES string of the molecule is Cc1cc(C(=O)N2CCCCCC2)nc(NCc2ccccc2F)n1. The lowest BCUT2D eigenvalue weighted by Gasteiger charge is -2.20. The highest BCUT2D eigenvalue weighted by Gasteiger charge is 2.19. The first-order valence-corrected chi connectivity index (χ1v) is 8.76. The highest BCUT2D eigenvalue weighted by molar-refractivity contribution is 5.92. The minimum Gasteiger partial charge on any atom is -0.350 e. The first-order valence-electron chi connectivity index (χ1n) is 8.76. The summed E-state index contributed by atoms with van der Waals surface area (Å²) in [5.74, 6) is 0.0197. The average molecular weight is 342 g/mol. The average Bonchev–Trinajstić information content (AvgIpc) is 2.89. The van der Waals surface area contributed by atoms with E-state index in [1.165, 1.54) is 18.9 Å². The molecule has 2 aromatic rings. The molecule has 1 fully saturated rings. The van der Waals surface area contributed by atoms with Crippen LogP contribution in [0.5, 0.6) is 0 Å². The Morgan fingerprint density at radius 3 is 2.60 bits per heavy atom. The van der Waals surface area contributed by atoms with Crippen molar-refractivity contribution in [3.63, 3.8) is 0 Å². The summed E-state index contributed by atoms with van der Waals surface area (Å²) in [6.45, 7) is 3.66. The van der Waals surface area contributed by atoms with E-state index in [0.29, 0.717) is 22.9 Å². The van der Waals surface area contributed by atoms with Crippen LogP contribution >= 0.6 is 0 Å². The molecule has 1 aromatic heterocycles. The summed E-state index contributed by atoms with van der Waals surface area (Å²) in [5, 5.41) is 3.02. The maximum atomic E-state index is 13.7. The Hall–Kier alpha value is -2.50. The van der Waals surface area contributed by atoms with Crippen molar-refractivity contribution in [3.05, 3.63) is 53.1 Å². The zero-order valence-corrected chi connectivity index (χ0v) is 14.5. The maximum Gasteiger partial charge on any atom is 0.272 e. The summed E-state index contributed by atoms with van der Waals surface area (Å²) in [6.07, 6.45) is 4.41. The number of aromatic nitrogens is 2. The van der Waals surface area contributed by atoms with Gasteiger partial charge in [0.15, 0.2) is 0 Å². The van der Waals surface area contributed by atoms with Gasteiger partial charge < -0.3 is 10.2 Å². The van der Waals surface area contributed by atoms with E-state index in [1.54, 1.807) is 24.3 Å². The second-order valence-electron chi connectivity index (χ2n) is 6.37. The predicted molar refractivity (Wildman–Crippen MR) is 94.9 cm³/mol. The monoisotopic (exact) mass is 342 g/mol. The Morgan fingerprint density at radius 2 is 1.88 bits per heavy atom. The molecule has 1 aliphatic heterocycles. The zero-order chi connectivity index (χ0) is 17.6. The highest BCUT2D eigenvalue weighted by atomic mass is 19.1. The van der Waals surface area contributed by atoms with Gasteiger partial charge in [-0.2, -0.15) is 0 Å². The molecular formula is C19H23FN4O. The molecule has 132 valence electrons. The van der Waals surface area contributed by atoms with Crippen LogP contribution in [-0.2, 0) is 6.54 Å². The molecule has 0 atom stereocenters. The van der Waals surface area contributed by atoms with Crippen LogP contribution in [0.4, 0.5) is 10.3 Å². The summed E-state index contributed by atoms with van der Waals surface area (Å²) in [6, 6.07) is 8.27. The van der Waals surface area contributed by atoms with Crippen LogP contribution in [0.25, 0.3) is 0 Å². The predicted octanol–water partition coefficient (Wildman–Crippen LogP) is 3.55. The maximum absolute atomic E-state index is 13.7. The van der Waals surface area contributed by atoms with E-state index in [1.807, 2.05) is 11.8 Å². The second kappa shape index (κ2) is 8.05. The van der Waals surface area contributed by atoms with Crippen molar-refractivity contribution < 1.29 is 9.18 Å². The summed E-state index contributed by atoms with van der Waals surface area (Å²) >= 11 is 0. The van der Waals surface area contributed by atoms with Gasteiger partial charge in [0, 0.05) is 30.9 Å². The Bertz CT molecular complexity index is 742. The molecular weight excluding hydrogens is 319 g/mol. The number of amides is 1. The zero-order valence-electron chi connectivity index (χ0n) is 14.5. The number of hydrogen-bond acceptors (Lipinski definition) is 4. The van der Waals surface area contributed by atoms with E-state index >= 15 is 0 Å². The summed E-state index contributed by atoms with van der Waals surface area (Å²) in [5.41, 5.74) is 1.64. The molecule has 1 saturated heterocycles. The smallest absolute Gasteiger partial charge is 0.272 e. The third-order valence-corrected chi connectivity index (χ3v) is 4.36. The van der Waals surface area contributed by atoms with E-state index in [4.69, 9.17) is 0 Å². The van der Waals surface area contributed by atoms with Gasteiger partial charge in [-0.15, -0.1) is 0 Å². The normalized spacial score (nSPS) is 14.9. The first-order chi connectivity index (χ1) is 12.1. The lowest BCUT2D eigenvalue weighted by atomic mass is 10.2. The quantitative estimate of drug-likeness (QED) is 0.923. The van der Waals surface area contributed by atoms with Crippen molar-refractivity contribution in [2.24, 2.45) is 0 Å². The number of aryl methyl sites for hydroxylation is 1. The number of nitrogens with one attached hydrogen (secondary N) is 1. The molecule has 0 spiro atoms. The molecule has 25 heavy (non-hydrogen) atoms. The second-order valence-corrected chi connectivity index (χ2v) is 6.37. The number of halogens is 1. The van der Waals surface area contributed by atoms with Gasteiger partial charge in [-0.1, -0.05) is 31.0 Å². The molecule has 0 unspecified atom stereocenters. The molecule has 3 rings (SSSR count). The van der Waals surface area contributed by atoms with Crippen LogP contribution in [0.15, 0.2) is 30.3 Å². The highest BCUT2D eigenvalue weighted by Crippen LogP contribution is 2.15. The lowest BCUT2D eigenvalue weighted by Crippen LogP contribution is -2.32. The number of rotatable bonds is 4. The van der Waals surface area contributed by atoms with Gasteiger partial charge in [-0.3, -0.25) is 4.79 Å².